The third-order valence-electron chi connectivity index (χ3n) is 4.56. The minimum Gasteiger partial charge on any atom is -0.472 e. The van der Waals surface area contributed by atoms with E-state index in [-0.39, 0.29) is 5.88 Å². The average molecular weight is 416 g/mol. The van der Waals surface area contributed by atoms with Crippen LogP contribution in [0.5, 0.6) is 5.88 Å². The van der Waals surface area contributed by atoms with Crippen LogP contribution in [0.3, 0.4) is 0 Å². The summed E-state index contributed by atoms with van der Waals surface area (Å²) in [6, 6.07) is 17.4. The van der Waals surface area contributed by atoms with Crippen molar-refractivity contribution in [3.05, 3.63) is 83.9 Å². The number of anilines is 1. The van der Waals surface area contributed by atoms with Crippen LogP contribution in [0, 0.1) is 0 Å². The number of nitrogens with one attached hydrogen (secondary N) is 1. The highest BCUT2D eigenvalue weighted by Crippen LogP contribution is 2.39. The fourth-order valence-corrected chi connectivity index (χ4v) is 3.80. The Morgan fingerprint density at radius 2 is 2.00 bits per heavy atom. The first-order chi connectivity index (χ1) is 14.8. The van der Waals surface area contributed by atoms with E-state index in [1.807, 2.05) is 60.0 Å². The van der Waals surface area contributed by atoms with E-state index in [4.69, 9.17) is 19.9 Å². The van der Waals surface area contributed by atoms with Crippen molar-refractivity contribution in [3.63, 3.8) is 0 Å². The molecule has 0 aliphatic rings. The van der Waals surface area contributed by atoms with Gasteiger partial charge in [0.1, 0.15) is 5.69 Å². The van der Waals surface area contributed by atoms with Gasteiger partial charge in [0.05, 0.1) is 23.1 Å². The lowest BCUT2D eigenvalue weighted by Gasteiger charge is -2.19. The topological polar surface area (TPSA) is 116 Å². The highest BCUT2D eigenvalue weighted by molar-refractivity contribution is 7.13. The number of nitrogen functional groups attached to an aromatic ring is 1. The van der Waals surface area contributed by atoms with Crippen molar-refractivity contribution in [2.75, 3.05) is 5.73 Å². The number of rotatable bonds is 6. The van der Waals surface area contributed by atoms with Gasteiger partial charge in [-0.2, -0.15) is 5.21 Å². The number of hydrogen-bond acceptors (Lipinski definition) is 8. The number of aromatic nitrogens is 5. The Balaban J connectivity index is 1.64. The number of tetrazole rings is 1. The molecule has 9 heteroatoms. The zero-order valence-corrected chi connectivity index (χ0v) is 16.4. The predicted octanol–water partition coefficient (Wildman–Crippen LogP) is 4.33. The second-order valence-corrected chi connectivity index (χ2v) is 7.39. The molecule has 1 aromatic carbocycles. The van der Waals surface area contributed by atoms with Crippen LogP contribution in [-0.2, 0) is 0 Å². The number of aromatic amines is 1. The number of ether oxygens (including phenoxy) is 1. The lowest BCUT2D eigenvalue weighted by atomic mass is 10.1. The number of nitrogens with zero attached hydrogens (tertiary/aromatic N) is 4. The predicted molar refractivity (Wildman–Crippen MR) is 113 cm³/mol. The molecule has 1 unspecified atom stereocenters. The quantitative estimate of drug-likeness (QED) is 0.423. The van der Waals surface area contributed by atoms with Crippen molar-refractivity contribution >= 4 is 17.0 Å². The molecule has 8 nitrogen and oxygen atoms in total. The summed E-state index contributed by atoms with van der Waals surface area (Å²) in [5, 5.41) is 16.4. The zero-order chi connectivity index (χ0) is 20.3. The first kappa shape index (κ1) is 18.1. The summed E-state index contributed by atoms with van der Waals surface area (Å²) in [5.74, 6) is 0.671. The number of furan rings is 1. The van der Waals surface area contributed by atoms with Crippen molar-refractivity contribution < 1.29 is 9.15 Å². The summed E-state index contributed by atoms with van der Waals surface area (Å²) < 4.78 is 11.6. The maximum Gasteiger partial charge on any atom is 0.239 e. The van der Waals surface area contributed by atoms with Crippen molar-refractivity contribution in [1.29, 1.82) is 0 Å². The third kappa shape index (κ3) is 3.42. The molecule has 0 spiro atoms. The second-order valence-electron chi connectivity index (χ2n) is 6.44. The molecule has 1 atom stereocenters. The lowest BCUT2D eigenvalue weighted by Crippen LogP contribution is -2.14. The zero-order valence-electron chi connectivity index (χ0n) is 15.6. The molecule has 0 bridgehead atoms. The summed E-state index contributed by atoms with van der Waals surface area (Å²) in [6.45, 7) is 0. The molecular weight excluding hydrogens is 400 g/mol. The number of H-pyrrole nitrogens is 1. The molecule has 0 radical (unpaired) electrons. The normalized spacial score (nSPS) is 12.0. The van der Waals surface area contributed by atoms with E-state index in [2.05, 4.69) is 20.6 Å². The first-order valence-corrected chi connectivity index (χ1v) is 9.99. The second kappa shape index (κ2) is 7.80. The molecule has 0 amide bonds. The molecule has 3 N–H and O–H groups in total. The highest BCUT2D eigenvalue weighted by atomic mass is 32.1. The summed E-state index contributed by atoms with van der Waals surface area (Å²) in [4.78, 5) is 5.71. The highest BCUT2D eigenvalue weighted by Gasteiger charge is 2.24. The Morgan fingerprint density at radius 1 is 1.10 bits per heavy atom. The van der Waals surface area contributed by atoms with Gasteiger partial charge in [-0.1, -0.05) is 41.6 Å². The average Bonchev–Trinajstić information content (AvgIpc) is 3.57. The summed E-state index contributed by atoms with van der Waals surface area (Å²) in [7, 11) is 0. The summed E-state index contributed by atoms with van der Waals surface area (Å²) >= 11 is 1.59. The standard InChI is InChI=1S/C21H16N6O2S/c22-18-15(14-8-9-28-12-14)11-16(17-7-4-10-30-17)23-21(18)29-19(20-24-26-27-25-20)13-5-2-1-3-6-13/h1-12,19H,22H2,(H,24,25,26,27). The van der Waals surface area contributed by atoms with Gasteiger partial charge in [0, 0.05) is 16.7 Å². The van der Waals surface area contributed by atoms with Gasteiger partial charge in [0.15, 0.2) is 6.10 Å². The van der Waals surface area contributed by atoms with E-state index in [1.54, 1.807) is 23.9 Å². The molecule has 5 aromatic rings. The molecule has 0 saturated carbocycles. The largest absolute Gasteiger partial charge is 0.472 e. The van der Waals surface area contributed by atoms with Gasteiger partial charge in [-0.25, -0.2) is 4.98 Å². The minimum absolute atomic E-state index is 0.288. The Hall–Kier alpha value is -3.98. The van der Waals surface area contributed by atoms with E-state index in [9.17, 15) is 0 Å². The van der Waals surface area contributed by atoms with Crippen LogP contribution in [0.25, 0.3) is 21.7 Å². The number of nitrogens with two attached hydrogens (primary N) is 1. The fraction of sp³-hybridized carbons (Fsp3) is 0.0476. The van der Waals surface area contributed by atoms with E-state index in [1.165, 1.54) is 0 Å². The van der Waals surface area contributed by atoms with Gasteiger partial charge in [0.2, 0.25) is 11.7 Å². The molecule has 4 heterocycles. The fourth-order valence-electron chi connectivity index (χ4n) is 3.12. The molecule has 0 aliphatic carbocycles. The van der Waals surface area contributed by atoms with Crippen LogP contribution >= 0.6 is 11.3 Å². The van der Waals surface area contributed by atoms with Crippen LogP contribution < -0.4 is 10.5 Å². The summed E-state index contributed by atoms with van der Waals surface area (Å²) in [5.41, 5.74) is 10.1. The SMILES string of the molecule is Nc1c(-c2ccoc2)cc(-c2cccs2)nc1OC(c1ccccc1)c1nn[nH]n1. The summed E-state index contributed by atoms with van der Waals surface area (Å²) in [6.07, 6.45) is 2.62. The van der Waals surface area contributed by atoms with Gasteiger partial charge in [-0.15, -0.1) is 21.5 Å². The van der Waals surface area contributed by atoms with Crippen molar-refractivity contribution in [2.24, 2.45) is 0 Å². The van der Waals surface area contributed by atoms with Crippen LogP contribution in [0.1, 0.15) is 17.5 Å². The van der Waals surface area contributed by atoms with Crippen LogP contribution in [0.4, 0.5) is 5.69 Å². The lowest BCUT2D eigenvalue weighted by molar-refractivity contribution is 0.229. The van der Waals surface area contributed by atoms with Gasteiger partial charge in [-0.3, -0.25) is 0 Å². The Labute approximate surface area is 175 Å². The van der Waals surface area contributed by atoms with Gasteiger partial charge >= 0.3 is 0 Å². The van der Waals surface area contributed by atoms with Gasteiger partial charge in [-0.05, 0) is 23.6 Å². The molecule has 30 heavy (non-hydrogen) atoms. The Bertz CT molecular complexity index is 1220. The van der Waals surface area contributed by atoms with Crippen molar-refractivity contribution in [1.82, 2.24) is 25.6 Å². The number of thiophene rings is 1. The number of benzene rings is 1. The van der Waals surface area contributed by atoms with Crippen molar-refractivity contribution in [2.45, 2.75) is 6.10 Å². The van der Waals surface area contributed by atoms with E-state index >= 15 is 0 Å². The third-order valence-corrected chi connectivity index (χ3v) is 5.45. The first-order valence-electron chi connectivity index (χ1n) is 9.11. The van der Waals surface area contributed by atoms with E-state index < -0.39 is 6.10 Å². The maximum atomic E-state index is 6.49. The molecule has 148 valence electrons. The molecule has 0 fully saturated rings. The van der Waals surface area contributed by atoms with Gasteiger partial charge in [0.25, 0.3) is 0 Å². The van der Waals surface area contributed by atoms with E-state index in [0.29, 0.717) is 11.5 Å². The van der Waals surface area contributed by atoms with Gasteiger partial charge < -0.3 is 14.9 Å². The molecule has 0 saturated heterocycles. The maximum absolute atomic E-state index is 6.49. The molecule has 0 aliphatic heterocycles. The Kier molecular flexibility index (Phi) is 4.70. The van der Waals surface area contributed by atoms with Crippen molar-refractivity contribution in [3.8, 4) is 27.6 Å². The monoisotopic (exact) mass is 416 g/mol. The van der Waals surface area contributed by atoms with E-state index in [0.717, 1.165) is 27.3 Å². The smallest absolute Gasteiger partial charge is 0.239 e. The minimum atomic E-state index is -0.629. The molecule has 5 rings (SSSR count). The number of pyridine rings is 1. The Morgan fingerprint density at radius 3 is 2.70 bits per heavy atom. The molecular formula is C21H16N6O2S. The number of hydrogen-bond donors (Lipinski definition) is 2. The van der Waals surface area contributed by atoms with Crippen LogP contribution in [0.15, 0.2) is 76.9 Å². The van der Waals surface area contributed by atoms with Crippen LogP contribution in [-0.4, -0.2) is 25.6 Å². The van der Waals surface area contributed by atoms with Crippen LogP contribution in [0.2, 0.25) is 0 Å². The molecule has 4 aromatic heterocycles.